The molecule has 0 saturated heterocycles. The Kier molecular flexibility index (Phi) is 5.93. The number of hydrogen-bond acceptors (Lipinski definition) is 7. The molecule has 1 amide bonds. The van der Waals surface area contributed by atoms with Gasteiger partial charge in [-0.2, -0.15) is 4.52 Å². The molecule has 0 aliphatic carbocycles. The van der Waals surface area contributed by atoms with E-state index in [0.29, 0.717) is 34.4 Å². The van der Waals surface area contributed by atoms with Crippen LogP contribution < -0.4 is 19.5 Å². The molecule has 1 N–H and O–H groups in total. The predicted octanol–water partition coefficient (Wildman–Crippen LogP) is 2.62. The minimum absolute atomic E-state index is 0.235. The Morgan fingerprint density at radius 2 is 1.84 bits per heavy atom. The second-order valence-corrected chi connectivity index (χ2v) is 6.50. The van der Waals surface area contributed by atoms with Gasteiger partial charge in [-0.3, -0.25) is 4.79 Å². The molecule has 158 valence electrons. The fraction of sp³-hybridized carbons (Fsp3) is 0.182. The molecule has 9 heteroatoms. The van der Waals surface area contributed by atoms with Gasteiger partial charge in [-0.15, -0.1) is 15.3 Å². The standard InChI is InChI=1S/C22H21N5O4/c1-29-16-8-9-18(30-2)17(14-16)22(28)23-12-13-31-20-11-10-19-24-25-21(27(19)26-20)15-6-4-3-5-7-15/h3-11,14H,12-13H2,1-2H3,(H,23,28). The maximum Gasteiger partial charge on any atom is 0.255 e. The third-order valence-corrected chi connectivity index (χ3v) is 4.56. The highest BCUT2D eigenvalue weighted by Crippen LogP contribution is 2.23. The molecular formula is C22H21N5O4. The number of carbonyl (C=O) groups excluding carboxylic acids is 1. The highest BCUT2D eigenvalue weighted by atomic mass is 16.5. The van der Waals surface area contributed by atoms with Crippen LogP contribution in [0, 0.1) is 0 Å². The molecule has 4 rings (SSSR count). The van der Waals surface area contributed by atoms with Crippen LogP contribution in [0.1, 0.15) is 10.4 Å². The number of nitrogens with one attached hydrogen (secondary N) is 1. The minimum atomic E-state index is -0.284. The van der Waals surface area contributed by atoms with Gasteiger partial charge in [-0.05, 0) is 24.3 Å². The van der Waals surface area contributed by atoms with Gasteiger partial charge in [0.15, 0.2) is 11.5 Å². The number of methoxy groups -OCH3 is 2. The number of carbonyl (C=O) groups is 1. The number of rotatable bonds is 8. The molecule has 9 nitrogen and oxygen atoms in total. The fourth-order valence-electron chi connectivity index (χ4n) is 3.02. The van der Waals surface area contributed by atoms with E-state index in [1.807, 2.05) is 30.3 Å². The molecule has 2 aromatic carbocycles. The average molecular weight is 419 g/mol. The Balaban J connectivity index is 1.40. The normalized spacial score (nSPS) is 10.6. The Hall–Kier alpha value is -4.14. The van der Waals surface area contributed by atoms with Gasteiger partial charge < -0.3 is 19.5 Å². The molecule has 0 radical (unpaired) electrons. The monoisotopic (exact) mass is 419 g/mol. The summed E-state index contributed by atoms with van der Waals surface area (Å²) in [7, 11) is 3.05. The Morgan fingerprint density at radius 3 is 2.61 bits per heavy atom. The second kappa shape index (κ2) is 9.12. The first-order chi connectivity index (χ1) is 15.2. The van der Waals surface area contributed by atoms with E-state index in [9.17, 15) is 4.79 Å². The molecule has 0 atom stereocenters. The summed E-state index contributed by atoms with van der Waals surface area (Å²) in [5, 5.41) is 15.6. The van der Waals surface area contributed by atoms with E-state index in [2.05, 4.69) is 20.6 Å². The van der Waals surface area contributed by atoms with Crippen LogP contribution >= 0.6 is 0 Å². The van der Waals surface area contributed by atoms with Gasteiger partial charge >= 0.3 is 0 Å². The molecule has 0 bridgehead atoms. The maximum atomic E-state index is 12.5. The number of benzene rings is 2. The third-order valence-electron chi connectivity index (χ3n) is 4.56. The molecule has 0 fully saturated rings. The van der Waals surface area contributed by atoms with Gasteiger partial charge in [-0.25, -0.2) is 0 Å². The van der Waals surface area contributed by atoms with Crippen LogP contribution in [0.25, 0.3) is 17.0 Å². The smallest absolute Gasteiger partial charge is 0.255 e. The number of hydrogen-bond donors (Lipinski definition) is 1. The third kappa shape index (κ3) is 4.40. The second-order valence-electron chi connectivity index (χ2n) is 6.50. The number of aromatic nitrogens is 4. The lowest BCUT2D eigenvalue weighted by atomic mass is 10.1. The summed E-state index contributed by atoms with van der Waals surface area (Å²) in [6.07, 6.45) is 0. The number of ether oxygens (including phenoxy) is 3. The van der Waals surface area contributed by atoms with Crippen molar-refractivity contribution in [1.29, 1.82) is 0 Å². The maximum absolute atomic E-state index is 12.5. The van der Waals surface area contributed by atoms with Gasteiger partial charge in [0, 0.05) is 11.6 Å². The van der Waals surface area contributed by atoms with Gasteiger partial charge in [0.2, 0.25) is 5.88 Å². The van der Waals surface area contributed by atoms with Crippen molar-refractivity contribution < 1.29 is 19.0 Å². The largest absolute Gasteiger partial charge is 0.497 e. The molecule has 0 aliphatic heterocycles. The van der Waals surface area contributed by atoms with Gasteiger partial charge in [0.05, 0.1) is 26.3 Å². The van der Waals surface area contributed by atoms with Crippen LogP contribution in [0.4, 0.5) is 0 Å². The molecule has 0 unspecified atom stereocenters. The van der Waals surface area contributed by atoms with Crippen molar-refractivity contribution in [3.05, 3.63) is 66.2 Å². The lowest BCUT2D eigenvalue weighted by molar-refractivity contribution is 0.0943. The van der Waals surface area contributed by atoms with E-state index in [4.69, 9.17) is 14.2 Å². The van der Waals surface area contributed by atoms with Gasteiger partial charge in [0.25, 0.3) is 5.91 Å². The van der Waals surface area contributed by atoms with Crippen LogP contribution in [0.5, 0.6) is 17.4 Å². The molecule has 0 spiro atoms. The number of fused-ring (bicyclic) bond motifs is 1. The van der Waals surface area contributed by atoms with Gasteiger partial charge in [0.1, 0.15) is 18.1 Å². The predicted molar refractivity (Wildman–Crippen MR) is 114 cm³/mol. The van der Waals surface area contributed by atoms with E-state index in [-0.39, 0.29) is 19.1 Å². The average Bonchev–Trinajstić information content (AvgIpc) is 3.25. The summed E-state index contributed by atoms with van der Waals surface area (Å²) in [4.78, 5) is 12.5. The highest BCUT2D eigenvalue weighted by molar-refractivity contribution is 5.97. The fourth-order valence-corrected chi connectivity index (χ4v) is 3.02. The van der Waals surface area contributed by atoms with Crippen LogP contribution in [0.3, 0.4) is 0 Å². The molecule has 2 heterocycles. The van der Waals surface area contributed by atoms with Crippen molar-refractivity contribution in [1.82, 2.24) is 25.1 Å². The topological polar surface area (TPSA) is 99.9 Å². The lowest BCUT2D eigenvalue weighted by Crippen LogP contribution is -2.28. The van der Waals surface area contributed by atoms with E-state index in [0.717, 1.165) is 5.56 Å². The summed E-state index contributed by atoms with van der Waals surface area (Å²) in [5.74, 6) is 1.78. The van der Waals surface area contributed by atoms with E-state index in [1.54, 1.807) is 42.0 Å². The molecule has 2 aromatic heterocycles. The van der Waals surface area contributed by atoms with Crippen LogP contribution in [-0.2, 0) is 0 Å². The summed E-state index contributed by atoms with van der Waals surface area (Å²) in [5.41, 5.74) is 1.90. The highest BCUT2D eigenvalue weighted by Gasteiger charge is 2.14. The number of amides is 1. The Labute approximate surface area is 178 Å². The first kappa shape index (κ1) is 20.1. The molecule has 4 aromatic rings. The summed E-state index contributed by atoms with van der Waals surface area (Å²) >= 11 is 0. The van der Waals surface area contributed by atoms with Crippen molar-refractivity contribution in [2.24, 2.45) is 0 Å². The van der Waals surface area contributed by atoms with E-state index >= 15 is 0 Å². The zero-order chi connectivity index (χ0) is 21.6. The van der Waals surface area contributed by atoms with Crippen molar-refractivity contribution in [3.63, 3.8) is 0 Å². The zero-order valence-corrected chi connectivity index (χ0v) is 17.1. The molecule has 31 heavy (non-hydrogen) atoms. The van der Waals surface area contributed by atoms with Crippen LogP contribution in [0.2, 0.25) is 0 Å². The molecule has 0 aliphatic rings. The summed E-state index contributed by atoms with van der Waals surface area (Å²) in [6, 6.07) is 18.2. The lowest BCUT2D eigenvalue weighted by Gasteiger charge is -2.11. The van der Waals surface area contributed by atoms with Crippen LogP contribution in [-0.4, -0.2) is 53.1 Å². The molecule has 0 saturated carbocycles. The minimum Gasteiger partial charge on any atom is -0.497 e. The SMILES string of the molecule is COc1ccc(OC)c(C(=O)NCCOc2ccc3nnc(-c4ccccc4)n3n2)c1. The first-order valence-corrected chi connectivity index (χ1v) is 9.60. The Bertz CT molecular complexity index is 1190. The number of nitrogens with zero attached hydrogens (tertiary/aromatic N) is 4. The van der Waals surface area contributed by atoms with Gasteiger partial charge in [-0.1, -0.05) is 30.3 Å². The van der Waals surface area contributed by atoms with Crippen molar-refractivity contribution in [2.75, 3.05) is 27.4 Å². The van der Waals surface area contributed by atoms with Crippen molar-refractivity contribution >= 4 is 11.6 Å². The molecular weight excluding hydrogens is 398 g/mol. The Morgan fingerprint density at radius 1 is 1.00 bits per heavy atom. The van der Waals surface area contributed by atoms with E-state index in [1.165, 1.54) is 7.11 Å². The quantitative estimate of drug-likeness (QED) is 0.438. The van der Waals surface area contributed by atoms with E-state index < -0.39 is 0 Å². The van der Waals surface area contributed by atoms with Crippen LogP contribution in [0.15, 0.2) is 60.7 Å². The zero-order valence-electron chi connectivity index (χ0n) is 17.1. The first-order valence-electron chi connectivity index (χ1n) is 9.60. The van der Waals surface area contributed by atoms with Crippen molar-refractivity contribution in [3.8, 4) is 28.8 Å². The summed E-state index contributed by atoms with van der Waals surface area (Å²) in [6.45, 7) is 0.520. The summed E-state index contributed by atoms with van der Waals surface area (Å²) < 4.78 is 17.8. The van der Waals surface area contributed by atoms with Crippen molar-refractivity contribution in [2.45, 2.75) is 0 Å².